The second-order valence-corrected chi connectivity index (χ2v) is 12.6. The Hall–Kier alpha value is -3.74. The maximum Gasteiger partial charge on any atom is 0.344 e. The lowest BCUT2D eigenvalue weighted by molar-refractivity contribution is -0.188. The average molecular weight is 626 g/mol. The molecule has 0 aliphatic carbocycles. The van der Waals surface area contributed by atoms with Crippen LogP contribution in [0, 0.1) is 10.8 Å². The molecule has 13 nitrogen and oxygen atoms in total. The van der Waals surface area contributed by atoms with Crippen molar-refractivity contribution in [2.75, 3.05) is 26.4 Å². The molecule has 2 rings (SSSR count). The first-order chi connectivity index (χ1) is 19.9. The third-order valence-electron chi connectivity index (χ3n) is 5.94. The van der Waals surface area contributed by atoms with Gasteiger partial charge in [-0.1, -0.05) is 62.1 Å². The van der Waals surface area contributed by atoms with Crippen molar-refractivity contribution in [1.29, 1.82) is 0 Å². The van der Waals surface area contributed by atoms with E-state index in [-0.39, 0.29) is 49.5 Å². The van der Waals surface area contributed by atoms with E-state index >= 15 is 0 Å². The van der Waals surface area contributed by atoms with Gasteiger partial charge in [0.2, 0.25) is 5.91 Å². The van der Waals surface area contributed by atoms with Crippen LogP contribution in [0.1, 0.15) is 100 Å². The molecule has 0 atom stereocenters. The number of amides is 3. The number of hydrogen-bond donors (Lipinski definition) is 1. The number of carbonyl (C=O) groups excluding carboxylic acids is 6. The Morgan fingerprint density at radius 3 is 1.59 bits per heavy atom. The Bertz CT molecular complexity index is 1020. The monoisotopic (exact) mass is 625 g/mol. The molecule has 0 bridgehead atoms. The molecule has 1 N–H and O–H groups in total. The van der Waals surface area contributed by atoms with Crippen molar-refractivity contribution in [2.45, 2.75) is 100 Å². The largest absolute Gasteiger partial charge is 0.465 e. The Morgan fingerprint density at radius 2 is 1.16 bits per heavy atom. The first-order valence-corrected chi connectivity index (χ1v) is 14.3. The third kappa shape index (κ3) is 17.4. The minimum Gasteiger partial charge on any atom is -0.465 e. The molecule has 0 saturated carbocycles. The Balaban J connectivity index is 0.000000829. The highest BCUT2D eigenvalue weighted by atomic mass is 16.7. The minimum atomic E-state index is -0.817. The van der Waals surface area contributed by atoms with Crippen LogP contribution >= 0.6 is 0 Å². The van der Waals surface area contributed by atoms with E-state index in [4.69, 9.17) is 19.1 Å². The van der Waals surface area contributed by atoms with Crippen LogP contribution in [0.25, 0.3) is 0 Å². The lowest BCUT2D eigenvalue weighted by Gasteiger charge is -2.18. The summed E-state index contributed by atoms with van der Waals surface area (Å²) in [6.07, 6.45) is 2.13. The van der Waals surface area contributed by atoms with Crippen molar-refractivity contribution < 1.29 is 47.9 Å². The number of hydrogen-bond acceptors (Lipinski definition) is 10. The maximum absolute atomic E-state index is 11.6. The molecule has 13 heteroatoms. The fourth-order valence-corrected chi connectivity index (χ4v) is 3.34. The summed E-state index contributed by atoms with van der Waals surface area (Å²) in [7, 11) is 0. The molecule has 2 aliphatic heterocycles. The van der Waals surface area contributed by atoms with Gasteiger partial charge >= 0.3 is 17.9 Å². The van der Waals surface area contributed by atoms with Gasteiger partial charge in [-0.15, -0.1) is 10.1 Å². The minimum absolute atomic E-state index is 0. The highest BCUT2D eigenvalue weighted by Crippen LogP contribution is 2.22. The fraction of sp³-hybridized carbons (Fsp3) is 0.677. The van der Waals surface area contributed by atoms with E-state index in [1.54, 1.807) is 0 Å². The molecule has 2 heterocycles. The van der Waals surface area contributed by atoms with E-state index in [9.17, 15) is 28.8 Å². The van der Waals surface area contributed by atoms with Gasteiger partial charge in [-0.2, -0.15) is 0 Å². The zero-order chi connectivity index (χ0) is 32.8. The van der Waals surface area contributed by atoms with Crippen LogP contribution in [0.3, 0.4) is 0 Å². The lowest BCUT2D eigenvalue weighted by Crippen LogP contribution is -2.33. The molecule has 0 aromatic heterocycles. The van der Waals surface area contributed by atoms with Crippen molar-refractivity contribution in [1.82, 2.24) is 15.4 Å². The molecule has 0 unspecified atom stereocenters. The first-order valence-electron chi connectivity index (χ1n) is 14.3. The van der Waals surface area contributed by atoms with Gasteiger partial charge in [0.15, 0.2) is 0 Å². The van der Waals surface area contributed by atoms with Crippen LogP contribution < -0.4 is 5.32 Å². The van der Waals surface area contributed by atoms with Gasteiger partial charge in [-0.05, 0) is 36.5 Å². The van der Waals surface area contributed by atoms with Gasteiger partial charge in [0.05, 0.1) is 24.6 Å². The van der Waals surface area contributed by atoms with Crippen LogP contribution in [-0.2, 0) is 47.9 Å². The molecule has 44 heavy (non-hydrogen) atoms. The number of carbonyl (C=O) groups is 6. The number of esters is 1. The van der Waals surface area contributed by atoms with Crippen LogP contribution in [-0.4, -0.2) is 72.1 Å². The predicted octanol–water partition coefficient (Wildman–Crippen LogP) is 4.13. The third-order valence-corrected chi connectivity index (χ3v) is 5.94. The lowest BCUT2D eigenvalue weighted by atomic mass is 9.93. The molecule has 2 aliphatic rings. The van der Waals surface area contributed by atoms with Gasteiger partial charge in [-0.3, -0.25) is 19.2 Å². The summed E-state index contributed by atoms with van der Waals surface area (Å²) < 4.78 is 10.3. The summed E-state index contributed by atoms with van der Waals surface area (Å²) in [6, 6.07) is 0. The van der Waals surface area contributed by atoms with E-state index in [2.05, 4.69) is 39.2 Å². The SMILES string of the molecule is C.C=C1CCC(=O)N1OC(=O)CC(=O)NCCOCCC(C)(C)C.C=C1CCC(=O)N1OC(=O)CC(=O)OCCC(C)(C)C. The second kappa shape index (κ2) is 18.8. The zero-order valence-corrected chi connectivity index (χ0v) is 26.4. The van der Waals surface area contributed by atoms with Crippen LogP contribution in [0.2, 0.25) is 0 Å². The summed E-state index contributed by atoms with van der Waals surface area (Å²) in [5, 5.41) is 4.29. The smallest absolute Gasteiger partial charge is 0.344 e. The number of rotatable bonds is 13. The Labute approximate surface area is 261 Å². The first kappa shape index (κ1) is 40.3. The van der Waals surface area contributed by atoms with Gasteiger partial charge in [0.25, 0.3) is 11.8 Å². The Kier molecular flexibility index (Phi) is 17.2. The fourth-order valence-electron chi connectivity index (χ4n) is 3.34. The van der Waals surface area contributed by atoms with Gasteiger partial charge in [-0.25, -0.2) is 9.59 Å². The molecular weight excluding hydrogens is 574 g/mol. The van der Waals surface area contributed by atoms with Crippen LogP contribution in [0.5, 0.6) is 0 Å². The number of ether oxygens (including phenoxy) is 2. The molecule has 2 fully saturated rings. The van der Waals surface area contributed by atoms with Crippen molar-refractivity contribution in [3.63, 3.8) is 0 Å². The molecule has 0 aromatic carbocycles. The average Bonchev–Trinajstić information content (AvgIpc) is 3.35. The molecule has 0 aromatic rings. The molecule has 2 saturated heterocycles. The summed E-state index contributed by atoms with van der Waals surface area (Å²) in [5.74, 6) is -3.38. The van der Waals surface area contributed by atoms with Crippen molar-refractivity contribution in [3.8, 4) is 0 Å². The molecular formula is C31H51N3O10. The highest BCUT2D eigenvalue weighted by molar-refractivity contribution is 5.95. The van der Waals surface area contributed by atoms with E-state index < -0.39 is 36.7 Å². The van der Waals surface area contributed by atoms with Gasteiger partial charge in [0.1, 0.15) is 12.8 Å². The van der Waals surface area contributed by atoms with Gasteiger partial charge in [0, 0.05) is 26.0 Å². The molecule has 0 radical (unpaired) electrons. The summed E-state index contributed by atoms with van der Waals surface area (Å²) in [4.78, 5) is 78.5. The van der Waals surface area contributed by atoms with Crippen molar-refractivity contribution in [2.24, 2.45) is 10.8 Å². The topological polar surface area (TPSA) is 158 Å². The number of hydroxylamine groups is 4. The molecule has 3 amide bonds. The predicted molar refractivity (Wildman–Crippen MR) is 162 cm³/mol. The van der Waals surface area contributed by atoms with Crippen LogP contribution in [0.15, 0.2) is 24.6 Å². The summed E-state index contributed by atoms with van der Waals surface area (Å²) >= 11 is 0. The quantitative estimate of drug-likeness (QED) is 0.179. The van der Waals surface area contributed by atoms with Crippen LogP contribution in [0.4, 0.5) is 0 Å². The zero-order valence-electron chi connectivity index (χ0n) is 26.4. The van der Waals surface area contributed by atoms with E-state index in [1.807, 2.05) is 20.8 Å². The summed E-state index contributed by atoms with van der Waals surface area (Å²) in [5.41, 5.74) is 1.12. The van der Waals surface area contributed by atoms with Crippen molar-refractivity contribution in [3.05, 3.63) is 24.6 Å². The molecule has 250 valence electrons. The normalized spacial score (nSPS) is 14.9. The summed E-state index contributed by atoms with van der Waals surface area (Å²) in [6.45, 7) is 21.3. The second-order valence-electron chi connectivity index (χ2n) is 12.6. The van der Waals surface area contributed by atoms with Gasteiger partial charge < -0.3 is 24.5 Å². The Morgan fingerprint density at radius 1 is 0.705 bits per heavy atom. The number of allylic oxidation sites excluding steroid dienone is 2. The van der Waals surface area contributed by atoms with E-state index in [0.717, 1.165) is 16.5 Å². The standard InChI is InChI=1S/C16H26N2O5.C14H21NO5.CH4/c1-12-5-6-14(20)18(12)23-15(21)11-13(19)17-8-10-22-9-7-16(2,3)4;1-10-5-6-11(16)15(10)20-13(18)9-12(17)19-8-7-14(2,3)4;/h1,5-11H2,2-4H3,(H,17,19);1,5-9H2,2-4H3;1H4. The maximum atomic E-state index is 11.6. The number of nitrogens with zero attached hydrogens (tertiary/aromatic N) is 2. The van der Waals surface area contributed by atoms with E-state index in [0.29, 0.717) is 50.4 Å². The highest BCUT2D eigenvalue weighted by Gasteiger charge is 2.30. The number of nitrogens with one attached hydrogen (secondary N) is 1. The van der Waals surface area contributed by atoms with Crippen molar-refractivity contribution >= 4 is 35.6 Å². The molecule has 0 spiro atoms. The van der Waals surface area contributed by atoms with E-state index in [1.165, 1.54) is 0 Å².